The molecule has 7 heteroatoms. The van der Waals surface area contributed by atoms with Crippen LogP contribution in [0.25, 0.3) is 0 Å². The maximum atomic E-state index is 13.8. The number of β-amino-alcohol motifs (C(OH)–C–C–N with tert-alkyl or cyclic N) is 1. The van der Waals surface area contributed by atoms with E-state index in [0.717, 1.165) is 17.1 Å². The molecule has 1 aliphatic heterocycles. The first-order chi connectivity index (χ1) is 8.84. The smallest absolute Gasteiger partial charge is 0.246 e. The Morgan fingerprint density at radius 1 is 1.37 bits per heavy atom. The van der Waals surface area contributed by atoms with E-state index < -0.39 is 26.3 Å². The average Bonchev–Trinajstić information content (AvgIpc) is 3.12. The first kappa shape index (κ1) is 13.3. The zero-order valence-corrected chi connectivity index (χ0v) is 11.6. The molecular weight excluding hydrogens is 293 g/mol. The number of aliphatic hydroxyl groups is 1. The summed E-state index contributed by atoms with van der Waals surface area (Å²) in [7, 11) is -3.92. The minimum absolute atomic E-state index is 0.0337. The molecule has 0 radical (unpaired) electrons. The second-order valence-corrected chi connectivity index (χ2v) is 7.52. The molecule has 1 N–H and O–H groups in total. The van der Waals surface area contributed by atoms with E-state index >= 15 is 0 Å². The number of hydrogen-bond donors (Lipinski definition) is 1. The summed E-state index contributed by atoms with van der Waals surface area (Å²) in [5.41, 5.74) is -0.928. The summed E-state index contributed by atoms with van der Waals surface area (Å²) in [6, 6.07) is 3.88. The molecule has 19 heavy (non-hydrogen) atoms. The Bertz CT molecular complexity index is 624. The van der Waals surface area contributed by atoms with Crippen molar-refractivity contribution in [2.75, 3.05) is 13.1 Å². The number of halogens is 2. The molecule has 3 rings (SSSR count). The largest absolute Gasteiger partial charge is 0.387 e. The standard InChI is InChI=1S/C12H13ClFNO3S/c13-9-2-1-3-10(11(9)14)19(17,18)15-6-12(16,7-15)8-4-5-8/h1-3,8,16H,4-7H2. The van der Waals surface area contributed by atoms with Gasteiger partial charge < -0.3 is 5.11 Å². The quantitative estimate of drug-likeness (QED) is 0.923. The van der Waals surface area contributed by atoms with Gasteiger partial charge in [-0.3, -0.25) is 0 Å². The Kier molecular flexibility index (Phi) is 2.91. The maximum absolute atomic E-state index is 13.8. The van der Waals surface area contributed by atoms with Crippen molar-refractivity contribution >= 4 is 21.6 Å². The molecule has 1 saturated heterocycles. The van der Waals surface area contributed by atoms with E-state index in [1.165, 1.54) is 18.2 Å². The van der Waals surface area contributed by atoms with Crippen LogP contribution in [0, 0.1) is 11.7 Å². The second-order valence-electron chi connectivity index (χ2n) is 5.20. The highest BCUT2D eigenvalue weighted by atomic mass is 35.5. The summed E-state index contributed by atoms with van der Waals surface area (Å²) < 4.78 is 39.3. The van der Waals surface area contributed by atoms with Gasteiger partial charge in [0.1, 0.15) is 4.90 Å². The molecule has 1 saturated carbocycles. The van der Waals surface area contributed by atoms with Crippen LogP contribution in [0.5, 0.6) is 0 Å². The highest BCUT2D eigenvalue weighted by molar-refractivity contribution is 7.89. The van der Waals surface area contributed by atoms with Crippen molar-refractivity contribution < 1.29 is 17.9 Å². The van der Waals surface area contributed by atoms with Gasteiger partial charge in [0.2, 0.25) is 10.0 Å². The van der Waals surface area contributed by atoms with Crippen molar-refractivity contribution in [3.63, 3.8) is 0 Å². The summed E-state index contributed by atoms with van der Waals surface area (Å²) in [5, 5.41) is 9.91. The lowest BCUT2D eigenvalue weighted by molar-refractivity contribution is -0.0765. The summed E-state index contributed by atoms with van der Waals surface area (Å²) in [6.07, 6.45) is 1.85. The van der Waals surface area contributed by atoms with Crippen molar-refractivity contribution in [3.05, 3.63) is 29.0 Å². The van der Waals surface area contributed by atoms with Crippen LogP contribution in [0.2, 0.25) is 5.02 Å². The normalized spacial score (nSPS) is 23.1. The molecule has 0 unspecified atom stereocenters. The van der Waals surface area contributed by atoms with Crippen LogP contribution in [0.15, 0.2) is 23.1 Å². The number of sulfonamides is 1. The molecule has 2 aliphatic rings. The Labute approximate surface area is 115 Å². The van der Waals surface area contributed by atoms with Crippen LogP contribution >= 0.6 is 11.6 Å². The van der Waals surface area contributed by atoms with Crippen LogP contribution in [0.1, 0.15) is 12.8 Å². The fourth-order valence-electron chi connectivity index (χ4n) is 2.44. The third kappa shape index (κ3) is 2.07. The van der Waals surface area contributed by atoms with E-state index in [1.54, 1.807) is 0 Å². The monoisotopic (exact) mass is 305 g/mol. The van der Waals surface area contributed by atoms with E-state index in [1.807, 2.05) is 0 Å². The van der Waals surface area contributed by atoms with Crippen molar-refractivity contribution in [3.8, 4) is 0 Å². The molecular formula is C12H13ClFNO3S. The van der Waals surface area contributed by atoms with Gasteiger partial charge in [-0.25, -0.2) is 12.8 Å². The Morgan fingerprint density at radius 3 is 2.58 bits per heavy atom. The molecule has 0 spiro atoms. The fourth-order valence-corrected chi connectivity index (χ4v) is 4.32. The third-order valence-corrected chi connectivity index (χ3v) is 5.87. The molecule has 0 aromatic heterocycles. The fraction of sp³-hybridized carbons (Fsp3) is 0.500. The molecule has 1 aliphatic carbocycles. The summed E-state index contributed by atoms with van der Waals surface area (Å²) in [4.78, 5) is -0.433. The third-order valence-electron chi connectivity index (χ3n) is 3.77. The highest BCUT2D eigenvalue weighted by Gasteiger charge is 2.55. The zero-order valence-electron chi connectivity index (χ0n) is 10.0. The molecule has 1 aromatic carbocycles. The lowest BCUT2D eigenvalue weighted by Gasteiger charge is -2.45. The van der Waals surface area contributed by atoms with Gasteiger partial charge in [-0.15, -0.1) is 0 Å². The Hall–Kier alpha value is -0.690. The van der Waals surface area contributed by atoms with Crippen LogP contribution in [0.3, 0.4) is 0 Å². The molecule has 4 nitrogen and oxygen atoms in total. The minimum Gasteiger partial charge on any atom is -0.387 e. The van der Waals surface area contributed by atoms with Crippen LogP contribution in [-0.2, 0) is 10.0 Å². The van der Waals surface area contributed by atoms with E-state index in [0.29, 0.717) is 0 Å². The lowest BCUT2D eigenvalue weighted by Crippen LogP contribution is -2.64. The maximum Gasteiger partial charge on any atom is 0.246 e. The van der Waals surface area contributed by atoms with Gasteiger partial charge in [0, 0.05) is 13.1 Å². The predicted octanol–water partition coefficient (Wildman–Crippen LogP) is 1.62. The van der Waals surface area contributed by atoms with Gasteiger partial charge >= 0.3 is 0 Å². The van der Waals surface area contributed by atoms with E-state index in [2.05, 4.69) is 0 Å². The molecule has 0 atom stereocenters. The van der Waals surface area contributed by atoms with Gasteiger partial charge in [-0.05, 0) is 30.9 Å². The number of benzene rings is 1. The van der Waals surface area contributed by atoms with Gasteiger partial charge in [0.15, 0.2) is 5.82 Å². The Morgan fingerprint density at radius 2 is 2.00 bits per heavy atom. The average molecular weight is 306 g/mol. The zero-order chi connectivity index (χ0) is 13.8. The molecule has 0 bridgehead atoms. The van der Waals surface area contributed by atoms with Gasteiger partial charge in [0.05, 0.1) is 10.6 Å². The topological polar surface area (TPSA) is 57.6 Å². The first-order valence-electron chi connectivity index (χ1n) is 6.01. The summed E-state index contributed by atoms with van der Waals surface area (Å²) >= 11 is 5.59. The van der Waals surface area contributed by atoms with Crippen LogP contribution in [0.4, 0.5) is 4.39 Å². The summed E-state index contributed by atoms with van der Waals surface area (Å²) in [6.45, 7) is 0.0674. The van der Waals surface area contributed by atoms with E-state index in [4.69, 9.17) is 11.6 Å². The van der Waals surface area contributed by atoms with Crippen LogP contribution in [-0.4, -0.2) is 36.5 Å². The van der Waals surface area contributed by atoms with Crippen molar-refractivity contribution in [1.82, 2.24) is 4.31 Å². The first-order valence-corrected chi connectivity index (χ1v) is 7.83. The van der Waals surface area contributed by atoms with Gasteiger partial charge in [-0.2, -0.15) is 4.31 Å². The number of rotatable bonds is 3. The highest BCUT2D eigenvalue weighted by Crippen LogP contribution is 2.46. The molecule has 104 valence electrons. The van der Waals surface area contributed by atoms with Crippen LogP contribution < -0.4 is 0 Å². The second kappa shape index (κ2) is 4.15. The molecule has 0 amide bonds. The predicted molar refractivity (Wildman–Crippen MR) is 67.8 cm³/mol. The molecule has 1 aromatic rings. The molecule has 2 fully saturated rings. The van der Waals surface area contributed by atoms with Crippen molar-refractivity contribution in [1.29, 1.82) is 0 Å². The van der Waals surface area contributed by atoms with Gasteiger partial charge in [-0.1, -0.05) is 17.7 Å². The van der Waals surface area contributed by atoms with E-state index in [9.17, 15) is 17.9 Å². The van der Waals surface area contributed by atoms with E-state index in [-0.39, 0.29) is 24.0 Å². The number of hydrogen-bond acceptors (Lipinski definition) is 3. The number of nitrogens with zero attached hydrogens (tertiary/aromatic N) is 1. The molecule has 1 heterocycles. The minimum atomic E-state index is -3.92. The SMILES string of the molecule is O=S(=O)(c1cccc(Cl)c1F)N1CC(O)(C2CC2)C1. The lowest BCUT2D eigenvalue weighted by atomic mass is 9.91. The van der Waals surface area contributed by atoms with Gasteiger partial charge in [0.25, 0.3) is 0 Å². The van der Waals surface area contributed by atoms with Crippen molar-refractivity contribution in [2.24, 2.45) is 5.92 Å². The summed E-state index contributed by atoms with van der Waals surface area (Å²) in [5.74, 6) is -0.755. The van der Waals surface area contributed by atoms with Crippen molar-refractivity contribution in [2.45, 2.75) is 23.3 Å². The Balaban J connectivity index is 1.86.